The van der Waals surface area contributed by atoms with E-state index in [1.54, 1.807) is 0 Å². The maximum Gasteiger partial charge on any atom is 0.0521 e. The molecule has 0 radical (unpaired) electrons. The summed E-state index contributed by atoms with van der Waals surface area (Å²) < 4.78 is 0. The van der Waals surface area contributed by atoms with Crippen molar-refractivity contribution < 1.29 is 0 Å². The maximum absolute atomic E-state index is 4.03. The molecule has 1 atom stereocenters. The number of aromatic amines is 1. The van der Waals surface area contributed by atoms with Crippen LogP contribution in [0.3, 0.4) is 0 Å². The molecule has 2 heterocycles. The van der Waals surface area contributed by atoms with Crippen LogP contribution in [0.25, 0.3) is 0 Å². The summed E-state index contributed by atoms with van der Waals surface area (Å²) in [5, 5.41) is 7.09. The molecule has 1 saturated heterocycles. The Morgan fingerprint density at radius 2 is 2.54 bits per heavy atom. The monoisotopic (exact) mass is 179 g/mol. The molecule has 1 aromatic rings. The van der Waals surface area contributed by atoms with Crippen LogP contribution in [0.15, 0.2) is 6.20 Å². The third-order valence-electron chi connectivity index (χ3n) is 2.82. The molecule has 72 valence electrons. The zero-order valence-electron chi connectivity index (χ0n) is 8.38. The number of aromatic nitrogens is 2. The Hall–Kier alpha value is -0.830. The smallest absolute Gasteiger partial charge is 0.0521 e. The van der Waals surface area contributed by atoms with Crippen molar-refractivity contribution in [2.45, 2.75) is 26.8 Å². The van der Waals surface area contributed by atoms with Crippen LogP contribution in [-0.2, 0) is 6.54 Å². The van der Waals surface area contributed by atoms with Gasteiger partial charge in [-0.3, -0.25) is 10.00 Å². The van der Waals surface area contributed by atoms with E-state index in [1.165, 1.54) is 30.8 Å². The van der Waals surface area contributed by atoms with Gasteiger partial charge in [-0.25, -0.2) is 0 Å². The second-order valence-corrected chi connectivity index (χ2v) is 4.16. The molecule has 3 nitrogen and oxygen atoms in total. The minimum atomic E-state index is 0.864. The first-order valence-corrected chi connectivity index (χ1v) is 4.97. The third-order valence-corrected chi connectivity index (χ3v) is 2.82. The molecule has 0 spiro atoms. The first-order valence-electron chi connectivity index (χ1n) is 4.97. The standard InChI is InChI=1S/C10H17N3/c1-8-3-4-13(6-8)7-10-9(2)5-11-12-10/h5,8H,3-4,6-7H2,1-2H3,(H,11,12). The Morgan fingerprint density at radius 1 is 1.69 bits per heavy atom. The van der Waals surface area contributed by atoms with Crippen molar-refractivity contribution in [1.82, 2.24) is 15.1 Å². The lowest BCUT2D eigenvalue weighted by molar-refractivity contribution is 0.315. The number of H-pyrrole nitrogens is 1. The topological polar surface area (TPSA) is 31.9 Å². The van der Waals surface area contributed by atoms with E-state index in [1.807, 2.05) is 6.20 Å². The second-order valence-electron chi connectivity index (χ2n) is 4.16. The fraction of sp³-hybridized carbons (Fsp3) is 0.700. The molecule has 3 heteroatoms. The summed E-state index contributed by atoms with van der Waals surface area (Å²) in [5.41, 5.74) is 2.55. The van der Waals surface area contributed by atoms with Crippen LogP contribution in [0.2, 0.25) is 0 Å². The lowest BCUT2D eigenvalue weighted by Crippen LogP contribution is -2.20. The van der Waals surface area contributed by atoms with Crippen molar-refractivity contribution in [2.75, 3.05) is 13.1 Å². The fourth-order valence-corrected chi connectivity index (χ4v) is 1.93. The maximum atomic E-state index is 4.03. The quantitative estimate of drug-likeness (QED) is 0.747. The Balaban J connectivity index is 1.95. The lowest BCUT2D eigenvalue weighted by atomic mass is 10.2. The molecule has 1 aromatic heterocycles. The number of likely N-dealkylation sites (tertiary alicyclic amines) is 1. The summed E-state index contributed by atoms with van der Waals surface area (Å²) in [6.45, 7) is 7.94. The molecule has 1 fully saturated rings. The van der Waals surface area contributed by atoms with E-state index < -0.39 is 0 Å². The van der Waals surface area contributed by atoms with Gasteiger partial charge in [0.15, 0.2) is 0 Å². The summed E-state index contributed by atoms with van der Waals surface area (Å²) in [5.74, 6) is 0.864. The highest BCUT2D eigenvalue weighted by atomic mass is 15.2. The molecular formula is C10H17N3. The van der Waals surface area contributed by atoms with Gasteiger partial charge < -0.3 is 0 Å². The molecule has 0 bridgehead atoms. The number of hydrogen-bond donors (Lipinski definition) is 1. The lowest BCUT2D eigenvalue weighted by Gasteiger charge is -2.14. The minimum Gasteiger partial charge on any atom is -0.297 e. The molecule has 1 N–H and O–H groups in total. The summed E-state index contributed by atoms with van der Waals surface area (Å²) in [4.78, 5) is 2.49. The van der Waals surface area contributed by atoms with Crippen molar-refractivity contribution in [3.05, 3.63) is 17.5 Å². The van der Waals surface area contributed by atoms with Crippen molar-refractivity contribution in [3.63, 3.8) is 0 Å². The van der Waals surface area contributed by atoms with Gasteiger partial charge in [0.25, 0.3) is 0 Å². The van der Waals surface area contributed by atoms with Crippen LogP contribution in [0, 0.1) is 12.8 Å². The number of nitrogens with zero attached hydrogens (tertiary/aromatic N) is 2. The highest BCUT2D eigenvalue weighted by Gasteiger charge is 2.19. The summed E-state index contributed by atoms with van der Waals surface area (Å²) in [6, 6.07) is 0. The second kappa shape index (κ2) is 3.50. The van der Waals surface area contributed by atoms with Crippen LogP contribution < -0.4 is 0 Å². The van der Waals surface area contributed by atoms with E-state index in [0.717, 1.165) is 12.5 Å². The van der Waals surface area contributed by atoms with Gasteiger partial charge in [-0.05, 0) is 31.4 Å². The number of nitrogens with one attached hydrogen (secondary N) is 1. The molecular weight excluding hydrogens is 162 g/mol. The van der Waals surface area contributed by atoms with Gasteiger partial charge in [0.2, 0.25) is 0 Å². The van der Waals surface area contributed by atoms with Crippen molar-refractivity contribution >= 4 is 0 Å². The van der Waals surface area contributed by atoms with Crippen LogP contribution in [0.5, 0.6) is 0 Å². The first-order chi connectivity index (χ1) is 6.25. The summed E-state index contributed by atoms with van der Waals surface area (Å²) in [6.07, 6.45) is 3.24. The predicted octanol–water partition coefficient (Wildman–Crippen LogP) is 1.56. The van der Waals surface area contributed by atoms with Gasteiger partial charge in [-0.15, -0.1) is 0 Å². The van der Waals surface area contributed by atoms with Crippen molar-refractivity contribution in [1.29, 1.82) is 0 Å². The van der Waals surface area contributed by atoms with Gasteiger partial charge in [0.05, 0.1) is 11.9 Å². The van der Waals surface area contributed by atoms with Crippen molar-refractivity contribution in [2.24, 2.45) is 5.92 Å². The predicted molar refractivity (Wildman–Crippen MR) is 52.4 cm³/mol. The van der Waals surface area contributed by atoms with Gasteiger partial charge in [0.1, 0.15) is 0 Å². The largest absolute Gasteiger partial charge is 0.297 e. The van der Waals surface area contributed by atoms with Crippen molar-refractivity contribution in [3.8, 4) is 0 Å². The van der Waals surface area contributed by atoms with E-state index >= 15 is 0 Å². The highest BCUT2D eigenvalue weighted by Crippen LogP contribution is 2.17. The summed E-state index contributed by atoms with van der Waals surface area (Å²) >= 11 is 0. The average molecular weight is 179 g/mol. The van der Waals surface area contributed by atoms with Crippen LogP contribution in [0.4, 0.5) is 0 Å². The van der Waals surface area contributed by atoms with E-state index in [2.05, 4.69) is 28.9 Å². The molecule has 1 aliphatic heterocycles. The van der Waals surface area contributed by atoms with E-state index in [-0.39, 0.29) is 0 Å². The van der Waals surface area contributed by atoms with Gasteiger partial charge in [-0.1, -0.05) is 6.92 Å². The average Bonchev–Trinajstić information content (AvgIpc) is 2.64. The van der Waals surface area contributed by atoms with Gasteiger partial charge in [-0.2, -0.15) is 5.10 Å². The van der Waals surface area contributed by atoms with E-state index in [4.69, 9.17) is 0 Å². The molecule has 13 heavy (non-hydrogen) atoms. The Morgan fingerprint density at radius 3 is 3.08 bits per heavy atom. The number of aryl methyl sites for hydroxylation is 1. The number of rotatable bonds is 2. The zero-order chi connectivity index (χ0) is 9.26. The summed E-state index contributed by atoms with van der Waals surface area (Å²) in [7, 11) is 0. The molecule has 2 rings (SSSR count). The normalized spacial score (nSPS) is 24.0. The molecule has 0 amide bonds. The minimum absolute atomic E-state index is 0.864. The van der Waals surface area contributed by atoms with E-state index in [9.17, 15) is 0 Å². The van der Waals surface area contributed by atoms with Crippen LogP contribution in [0.1, 0.15) is 24.6 Å². The fourth-order valence-electron chi connectivity index (χ4n) is 1.93. The van der Waals surface area contributed by atoms with Gasteiger partial charge >= 0.3 is 0 Å². The molecule has 1 unspecified atom stereocenters. The Kier molecular flexibility index (Phi) is 2.36. The molecule has 0 aliphatic carbocycles. The third kappa shape index (κ3) is 1.91. The SMILES string of the molecule is Cc1cn[nH]c1CN1CCC(C)C1. The Bertz CT molecular complexity index is 279. The van der Waals surface area contributed by atoms with Crippen LogP contribution in [-0.4, -0.2) is 28.2 Å². The Labute approximate surface area is 79.1 Å². The zero-order valence-corrected chi connectivity index (χ0v) is 8.38. The molecule has 1 aliphatic rings. The van der Waals surface area contributed by atoms with Gasteiger partial charge in [0, 0.05) is 13.1 Å². The first kappa shape index (κ1) is 8.75. The van der Waals surface area contributed by atoms with E-state index in [0.29, 0.717) is 0 Å². The molecule has 0 aromatic carbocycles. The van der Waals surface area contributed by atoms with Crippen LogP contribution >= 0.6 is 0 Å². The molecule has 0 saturated carbocycles. The number of hydrogen-bond acceptors (Lipinski definition) is 2. The highest BCUT2D eigenvalue weighted by molar-refractivity contribution is 5.13.